The Kier molecular flexibility index (Phi) is 2.67. The van der Waals surface area contributed by atoms with Gasteiger partial charge in [0.05, 0.1) is 6.54 Å². The highest BCUT2D eigenvalue weighted by molar-refractivity contribution is 5.73. The number of hydrogen-bond acceptors (Lipinski definition) is 3. The van der Waals surface area contributed by atoms with E-state index in [9.17, 15) is 13.6 Å². The fourth-order valence-corrected chi connectivity index (χ4v) is 0.292. The molecule has 60 valence electrons. The predicted octanol–water partition coefficient (Wildman–Crippen LogP) is -0.974. The summed E-state index contributed by atoms with van der Waals surface area (Å²) in [6, 6.07) is 0. The quantitative estimate of drug-likeness (QED) is 0.489. The van der Waals surface area contributed by atoms with Crippen LogP contribution in [0.4, 0.5) is 8.78 Å². The number of hydrogen-bond donors (Lipinski definition) is 3. The molecule has 0 aromatic heterocycles. The van der Waals surface area contributed by atoms with Crippen LogP contribution < -0.4 is 5.73 Å². The number of nitrogens with two attached hydrogens (primary N) is 1. The van der Waals surface area contributed by atoms with Gasteiger partial charge in [-0.15, -0.1) is 0 Å². The molecule has 0 aliphatic heterocycles. The van der Waals surface area contributed by atoms with E-state index in [2.05, 4.69) is 5.73 Å². The zero-order valence-corrected chi connectivity index (χ0v) is 4.92. The highest BCUT2D eigenvalue weighted by Gasteiger charge is 2.41. The largest absolute Gasteiger partial charge is 0.479 e. The number of alkyl halides is 2. The lowest BCUT2D eigenvalue weighted by atomic mass is 10.2. The third-order valence-electron chi connectivity index (χ3n) is 0.906. The normalized spacial score (nSPS) is 14.8. The zero-order valence-electron chi connectivity index (χ0n) is 4.92. The summed E-state index contributed by atoms with van der Waals surface area (Å²) < 4.78 is 24.1. The van der Waals surface area contributed by atoms with Gasteiger partial charge in [0.15, 0.2) is 0 Å². The van der Waals surface area contributed by atoms with Gasteiger partial charge in [0, 0.05) is 0 Å². The van der Waals surface area contributed by atoms with Gasteiger partial charge in [-0.25, -0.2) is 13.6 Å². The second-order valence-electron chi connectivity index (χ2n) is 1.71. The van der Waals surface area contributed by atoms with Crippen LogP contribution in [-0.4, -0.2) is 34.8 Å². The molecule has 0 bridgehead atoms. The van der Waals surface area contributed by atoms with E-state index >= 15 is 0 Å². The van der Waals surface area contributed by atoms with Crippen LogP contribution in [0.25, 0.3) is 0 Å². The van der Waals surface area contributed by atoms with Crippen molar-refractivity contribution in [1.29, 1.82) is 0 Å². The van der Waals surface area contributed by atoms with Gasteiger partial charge >= 0.3 is 5.97 Å². The van der Waals surface area contributed by atoms with Crippen molar-refractivity contribution in [3.05, 3.63) is 0 Å². The highest BCUT2D eigenvalue weighted by Crippen LogP contribution is 2.16. The molecule has 0 aliphatic rings. The Hall–Kier alpha value is -0.750. The number of aliphatic carboxylic acids is 1. The number of aliphatic hydroxyl groups excluding tert-OH is 1. The Labute approximate surface area is 55.3 Å². The van der Waals surface area contributed by atoms with Gasteiger partial charge in [-0.05, 0) is 0 Å². The second-order valence-corrected chi connectivity index (χ2v) is 1.71. The van der Waals surface area contributed by atoms with E-state index in [1.54, 1.807) is 0 Å². The molecule has 0 aromatic rings. The maximum atomic E-state index is 12.0. The second kappa shape index (κ2) is 2.89. The van der Waals surface area contributed by atoms with Crippen molar-refractivity contribution in [3.8, 4) is 0 Å². The van der Waals surface area contributed by atoms with E-state index in [1.807, 2.05) is 0 Å². The average Bonchev–Trinajstić information content (AvgIpc) is 1.86. The molecule has 10 heavy (non-hydrogen) atoms. The maximum absolute atomic E-state index is 12.0. The number of carboxylic acids is 1. The molecule has 0 saturated carbocycles. The zero-order chi connectivity index (χ0) is 8.36. The molecule has 0 rings (SSSR count). The van der Waals surface area contributed by atoms with E-state index in [-0.39, 0.29) is 0 Å². The Morgan fingerprint density at radius 2 is 2.10 bits per heavy atom. The topological polar surface area (TPSA) is 83.5 Å². The lowest BCUT2D eigenvalue weighted by Gasteiger charge is -2.16. The van der Waals surface area contributed by atoms with Gasteiger partial charge in [-0.2, -0.15) is 0 Å². The molecule has 4 N–H and O–H groups in total. The molecule has 0 saturated heterocycles. The van der Waals surface area contributed by atoms with Crippen molar-refractivity contribution in [2.75, 3.05) is 6.54 Å². The van der Waals surface area contributed by atoms with Gasteiger partial charge in [0.25, 0.3) is 5.92 Å². The summed E-state index contributed by atoms with van der Waals surface area (Å²) in [7, 11) is 0. The van der Waals surface area contributed by atoms with Crippen molar-refractivity contribution in [2.45, 2.75) is 12.0 Å². The minimum atomic E-state index is -3.74. The van der Waals surface area contributed by atoms with E-state index in [1.165, 1.54) is 0 Å². The molecule has 4 nitrogen and oxygen atoms in total. The predicted molar refractivity (Wildman–Crippen MR) is 27.6 cm³/mol. The average molecular weight is 155 g/mol. The lowest BCUT2D eigenvalue weighted by molar-refractivity contribution is -0.168. The van der Waals surface area contributed by atoms with Crippen LogP contribution >= 0.6 is 0 Å². The van der Waals surface area contributed by atoms with Crippen LogP contribution in [0, 0.1) is 0 Å². The van der Waals surface area contributed by atoms with Crippen LogP contribution in [0.15, 0.2) is 0 Å². The summed E-state index contributed by atoms with van der Waals surface area (Å²) in [5.74, 6) is -5.72. The minimum Gasteiger partial charge on any atom is -0.479 e. The SMILES string of the molecule is NCC(F)(F)C(O)C(=O)O. The number of aliphatic hydroxyl groups is 1. The Balaban J connectivity index is 4.17. The molecule has 0 aromatic carbocycles. The molecule has 0 fully saturated rings. The summed E-state index contributed by atoms with van der Waals surface area (Å²) in [6.07, 6.45) is -2.71. The van der Waals surface area contributed by atoms with Crippen LogP contribution in [0.1, 0.15) is 0 Å². The molecule has 0 amide bonds. The van der Waals surface area contributed by atoms with Crippen LogP contribution in [0.3, 0.4) is 0 Å². The Bertz CT molecular complexity index is 138. The van der Waals surface area contributed by atoms with E-state index < -0.39 is 24.5 Å². The Morgan fingerprint density at radius 1 is 1.70 bits per heavy atom. The lowest BCUT2D eigenvalue weighted by Crippen LogP contribution is -2.45. The minimum absolute atomic E-state index is 1.18. The number of carboxylic acid groups (broad SMARTS) is 1. The van der Waals surface area contributed by atoms with Gasteiger partial charge in [-0.1, -0.05) is 0 Å². The first-order valence-electron chi connectivity index (χ1n) is 2.40. The fraction of sp³-hybridized carbons (Fsp3) is 0.750. The molecule has 0 spiro atoms. The maximum Gasteiger partial charge on any atom is 0.338 e. The summed E-state index contributed by atoms with van der Waals surface area (Å²) in [4.78, 5) is 9.72. The molecular formula is C4H7F2NO3. The summed E-state index contributed by atoms with van der Waals surface area (Å²) in [6.45, 7) is -1.18. The van der Waals surface area contributed by atoms with E-state index in [0.717, 1.165) is 0 Å². The van der Waals surface area contributed by atoms with Crippen LogP contribution in [-0.2, 0) is 4.79 Å². The van der Waals surface area contributed by atoms with E-state index in [4.69, 9.17) is 10.2 Å². The standard InChI is InChI=1S/C4H7F2NO3/c5-4(6,1-7)2(8)3(9)10/h2,8H,1,7H2,(H,9,10). The fourth-order valence-electron chi connectivity index (χ4n) is 0.292. The van der Waals surface area contributed by atoms with Crippen molar-refractivity contribution in [2.24, 2.45) is 5.73 Å². The van der Waals surface area contributed by atoms with Crippen LogP contribution in [0.2, 0.25) is 0 Å². The van der Waals surface area contributed by atoms with Gasteiger partial charge < -0.3 is 15.9 Å². The first-order chi connectivity index (χ1) is 4.41. The molecule has 1 unspecified atom stereocenters. The number of halogens is 2. The van der Waals surface area contributed by atoms with Crippen molar-refractivity contribution >= 4 is 5.97 Å². The molecule has 0 heterocycles. The summed E-state index contributed by atoms with van der Waals surface area (Å²) in [5.41, 5.74) is 4.47. The van der Waals surface area contributed by atoms with Crippen molar-refractivity contribution < 1.29 is 23.8 Å². The molecule has 6 heteroatoms. The third kappa shape index (κ3) is 1.89. The first kappa shape index (κ1) is 9.25. The van der Waals surface area contributed by atoms with Crippen molar-refractivity contribution in [1.82, 2.24) is 0 Å². The van der Waals surface area contributed by atoms with Gasteiger partial charge in [0.1, 0.15) is 0 Å². The number of carbonyl (C=O) groups is 1. The molecule has 0 radical (unpaired) electrons. The molecule has 1 atom stereocenters. The highest BCUT2D eigenvalue weighted by atomic mass is 19.3. The van der Waals surface area contributed by atoms with Gasteiger partial charge in [-0.3, -0.25) is 0 Å². The smallest absolute Gasteiger partial charge is 0.338 e. The van der Waals surface area contributed by atoms with Crippen molar-refractivity contribution in [3.63, 3.8) is 0 Å². The summed E-state index contributed by atoms with van der Waals surface area (Å²) in [5, 5.41) is 16.1. The molecular weight excluding hydrogens is 148 g/mol. The third-order valence-corrected chi connectivity index (χ3v) is 0.906. The van der Waals surface area contributed by atoms with Gasteiger partial charge in [0.2, 0.25) is 6.10 Å². The van der Waals surface area contributed by atoms with Crippen LogP contribution in [0.5, 0.6) is 0 Å². The van der Waals surface area contributed by atoms with E-state index in [0.29, 0.717) is 0 Å². The molecule has 0 aliphatic carbocycles. The number of rotatable bonds is 3. The monoisotopic (exact) mass is 155 g/mol. The first-order valence-corrected chi connectivity index (χ1v) is 2.40. The summed E-state index contributed by atoms with van der Waals surface area (Å²) >= 11 is 0. The Morgan fingerprint density at radius 3 is 2.20 bits per heavy atom.